The Labute approximate surface area is 86.5 Å². The zero-order valence-electron chi connectivity index (χ0n) is 7.53. The molecule has 0 saturated heterocycles. The molecule has 0 radical (unpaired) electrons. The number of rotatable bonds is 4. The second-order valence-corrected chi connectivity index (χ2v) is 3.94. The van der Waals surface area contributed by atoms with Gasteiger partial charge in [-0.05, 0) is 18.6 Å². The van der Waals surface area contributed by atoms with Crippen LogP contribution in [0.2, 0.25) is 0 Å². The van der Waals surface area contributed by atoms with Crippen LogP contribution in [0.4, 0.5) is 0 Å². The lowest BCUT2D eigenvalue weighted by atomic mass is 10.1. The van der Waals surface area contributed by atoms with Crippen LogP contribution in [0.15, 0.2) is 24.4 Å². The second kappa shape index (κ2) is 5.12. The fourth-order valence-electron chi connectivity index (χ4n) is 1.05. The Morgan fingerprint density at radius 3 is 2.92 bits per heavy atom. The van der Waals surface area contributed by atoms with Crippen LogP contribution in [0, 0.1) is 0 Å². The second-order valence-electron chi connectivity index (χ2n) is 2.84. The van der Waals surface area contributed by atoms with E-state index in [1.165, 1.54) is 0 Å². The number of Topliss-reactive ketones (excluding diaryl/α,β-unsaturated/α-hetero) is 1. The molecule has 0 aliphatic carbocycles. The molecule has 0 aliphatic rings. The number of nitrogens with zero attached hydrogens (tertiary/aromatic N) is 1. The summed E-state index contributed by atoms with van der Waals surface area (Å²) in [6.45, 7) is 2.06. The minimum Gasteiger partial charge on any atom is -0.291 e. The Kier molecular flexibility index (Phi) is 4.09. The van der Waals surface area contributed by atoms with Crippen LogP contribution in [0.3, 0.4) is 0 Å². The number of carbonyl (C=O) groups is 1. The van der Waals surface area contributed by atoms with Gasteiger partial charge in [-0.2, -0.15) is 0 Å². The summed E-state index contributed by atoms with van der Waals surface area (Å²) < 4.78 is 0. The van der Waals surface area contributed by atoms with E-state index >= 15 is 0 Å². The molecule has 1 rings (SSSR count). The standard InChI is InChI=1S/C10H12BrNO/c1-2-5-8(11)10(13)9-6-3-4-7-12-9/h3-4,6-8H,2,5H2,1H3. The van der Waals surface area contributed by atoms with Crippen molar-refractivity contribution in [2.75, 3.05) is 0 Å². The number of aromatic nitrogens is 1. The van der Waals surface area contributed by atoms with Crippen molar-refractivity contribution in [2.24, 2.45) is 0 Å². The quantitative estimate of drug-likeness (QED) is 0.600. The molecule has 0 bridgehead atoms. The van der Waals surface area contributed by atoms with Gasteiger partial charge in [0.2, 0.25) is 0 Å². The average Bonchev–Trinajstić information content (AvgIpc) is 2.18. The third-order valence-electron chi connectivity index (χ3n) is 1.74. The van der Waals surface area contributed by atoms with Crippen LogP contribution in [0.25, 0.3) is 0 Å². The number of halogens is 1. The predicted molar refractivity (Wildman–Crippen MR) is 56.2 cm³/mol. The van der Waals surface area contributed by atoms with Crippen LogP contribution in [-0.4, -0.2) is 15.6 Å². The monoisotopic (exact) mass is 241 g/mol. The van der Waals surface area contributed by atoms with Crippen LogP contribution >= 0.6 is 15.9 Å². The van der Waals surface area contributed by atoms with Gasteiger partial charge in [-0.1, -0.05) is 35.3 Å². The van der Waals surface area contributed by atoms with Crippen molar-refractivity contribution in [3.63, 3.8) is 0 Å². The number of alkyl halides is 1. The van der Waals surface area contributed by atoms with E-state index in [0.717, 1.165) is 12.8 Å². The largest absolute Gasteiger partial charge is 0.291 e. The van der Waals surface area contributed by atoms with E-state index in [-0.39, 0.29) is 10.6 Å². The molecular weight excluding hydrogens is 230 g/mol. The Morgan fingerprint density at radius 1 is 1.62 bits per heavy atom. The maximum absolute atomic E-state index is 11.6. The maximum atomic E-state index is 11.6. The highest BCUT2D eigenvalue weighted by Gasteiger charge is 2.16. The fourth-order valence-corrected chi connectivity index (χ4v) is 1.75. The molecule has 0 spiro atoms. The summed E-state index contributed by atoms with van der Waals surface area (Å²) >= 11 is 3.35. The van der Waals surface area contributed by atoms with E-state index in [2.05, 4.69) is 27.8 Å². The van der Waals surface area contributed by atoms with Crippen LogP contribution in [0.1, 0.15) is 30.3 Å². The molecule has 0 aliphatic heterocycles. The maximum Gasteiger partial charge on any atom is 0.194 e. The van der Waals surface area contributed by atoms with Gasteiger partial charge in [-0.15, -0.1) is 0 Å². The van der Waals surface area contributed by atoms with Gasteiger partial charge in [0, 0.05) is 6.20 Å². The Hall–Kier alpha value is -0.700. The van der Waals surface area contributed by atoms with Crippen molar-refractivity contribution in [2.45, 2.75) is 24.6 Å². The molecule has 0 fully saturated rings. The molecule has 0 N–H and O–H groups in total. The summed E-state index contributed by atoms with van der Waals surface area (Å²) in [5.41, 5.74) is 0.540. The molecule has 3 heteroatoms. The van der Waals surface area contributed by atoms with Gasteiger partial charge in [0.25, 0.3) is 0 Å². The van der Waals surface area contributed by atoms with E-state index in [1.807, 2.05) is 6.07 Å². The molecule has 1 atom stereocenters. The zero-order valence-corrected chi connectivity index (χ0v) is 9.12. The van der Waals surface area contributed by atoms with Crippen molar-refractivity contribution in [3.05, 3.63) is 30.1 Å². The topological polar surface area (TPSA) is 30.0 Å². The zero-order chi connectivity index (χ0) is 9.68. The van der Waals surface area contributed by atoms with E-state index in [0.29, 0.717) is 5.69 Å². The number of hydrogen-bond acceptors (Lipinski definition) is 2. The number of ketones is 1. The van der Waals surface area contributed by atoms with Gasteiger partial charge in [0.15, 0.2) is 5.78 Å². The smallest absolute Gasteiger partial charge is 0.194 e. The van der Waals surface area contributed by atoms with E-state index in [1.54, 1.807) is 18.3 Å². The molecule has 1 heterocycles. The van der Waals surface area contributed by atoms with E-state index in [9.17, 15) is 4.79 Å². The van der Waals surface area contributed by atoms with Crippen LogP contribution in [0.5, 0.6) is 0 Å². The van der Waals surface area contributed by atoms with Gasteiger partial charge < -0.3 is 0 Å². The van der Waals surface area contributed by atoms with Gasteiger partial charge in [0.1, 0.15) is 5.69 Å². The molecule has 13 heavy (non-hydrogen) atoms. The number of pyridine rings is 1. The van der Waals surface area contributed by atoms with E-state index < -0.39 is 0 Å². The van der Waals surface area contributed by atoms with Gasteiger partial charge in [-0.25, -0.2) is 0 Å². The lowest BCUT2D eigenvalue weighted by molar-refractivity contribution is 0.0983. The van der Waals surface area contributed by atoms with E-state index in [4.69, 9.17) is 0 Å². The molecule has 1 aromatic heterocycles. The minimum absolute atomic E-state index is 0.0717. The minimum atomic E-state index is -0.0904. The lowest BCUT2D eigenvalue weighted by Gasteiger charge is -2.05. The third kappa shape index (κ3) is 2.92. The molecule has 0 aromatic carbocycles. The molecule has 70 valence electrons. The number of carbonyl (C=O) groups excluding carboxylic acids is 1. The first-order valence-electron chi connectivity index (χ1n) is 4.35. The Morgan fingerprint density at radius 2 is 2.38 bits per heavy atom. The first-order chi connectivity index (χ1) is 6.25. The molecular formula is C10H12BrNO. The Bertz CT molecular complexity index is 274. The summed E-state index contributed by atoms with van der Waals surface area (Å²) in [7, 11) is 0. The Balaban J connectivity index is 2.68. The molecule has 0 saturated carbocycles. The highest BCUT2D eigenvalue weighted by atomic mass is 79.9. The third-order valence-corrected chi connectivity index (χ3v) is 2.62. The summed E-state index contributed by atoms with van der Waals surface area (Å²) in [4.78, 5) is 15.5. The predicted octanol–water partition coefficient (Wildman–Crippen LogP) is 2.83. The van der Waals surface area contributed by atoms with Crippen LogP contribution < -0.4 is 0 Å². The first kappa shape index (κ1) is 10.4. The number of hydrogen-bond donors (Lipinski definition) is 0. The molecule has 0 amide bonds. The lowest BCUT2D eigenvalue weighted by Crippen LogP contribution is -2.14. The van der Waals surface area contributed by atoms with Gasteiger partial charge in [0.05, 0.1) is 4.83 Å². The van der Waals surface area contributed by atoms with Gasteiger partial charge >= 0.3 is 0 Å². The van der Waals surface area contributed by atoms with Crippen molar-refractivity contribution in [1.29, 1.82) is 0 Å². The van der Waals surface area contributed by atoms with Crippen molar-refractivity contribution in [1.82, 2.24) is 4.98 Å². The van der Waals surface area contributed by atoms with Gasteiger partial charge in [-0.3, -0.25) is 9.78 Å². The molecule has 1 unspecified atom stereocenters. The van der Waals surface area contributed by atoms with Crippen molar-refractivity contribution < 1.29 is 4.79 Å². The normalized spacial score (nSPS) is 12.5. The summed E-state index contributed by atoms with van der Waals surface area (Å²) in [6.07, 6.45) is 3.49. The van der Waals surface area contributed by atoms with Crippen molar-refractivity contribution >= 4 is 21.7 Å². The molecule has 2 nitrogen and oxygen atoms in total. The highest BCUT2D eigenvalue weighted by Crippen LogP contribution is 2.13. The summed E-state index contributed by atoms with van der Waals surface area (Å²) in [5, 5.41) is 0. The molecule has 1 aromatic rings. The fraction of sp³-hybridized carbons (Fsp3) is 0.400. The summed E-state index contributed by atoms with van der Waals surface area (Å²) in [6, 6.07) is 5.37. The first-order valence-corrected chi connectivity index (χ1v) is 5.26. The average molecular weight is 242 g/mol. The van der Waals surface area contributed by atoms with Crippen molar-refractivity contribution in [3.8, 4) is 0 Å². The summed E-state index contributed by atoms with van der Waals surface area (Å²) in [5.74, 6) is 0.0717. The highest BCUT2D eigenvalue weighted by molar-refractivity contribution is 9.10. The SMILES string of the molecule is CCCC(Br)C(=O)c1ccccn1. The van der Waals surface area contributed by atoms with Crippen LogP contribution in [-0.2, 0) is 0 Å².